The van der Waals surface area contributed by atoms with Crippen molar-refractivity contribution >= 4 is 0 Å². The minimum absolute atomic E-state index is 1.30. The van der Waals surface area contributed by atoms with Crippen LogP contribution in [0.5, 0.6) is 0 Å². The van der Waals surface area contributed by atoms with Crippen LogP contribution in [0.25, 0.3) is 0 Å². The number of nitrogens with zero attached hydrogens (tertiary/aromatic N) is 1. The zero-order chi connectivity index (χ0) is 10.4. The number of hydrogen-bond acceptors (Lipinski definition) is 2. The quantitative estimate of drug-likeness (QED) is 0.510. The van der Waals surface area contributed by atoms with Crippen molar-refractivity contribution in [1.29, 1.82) is 0 Å². The summed E-state index contributed by atoms with van der Waals surface area (Å²) in [6.07, 6.45) is 5.38. The van der Waals surface area contributed by atoms with Gasteiger partial charge in [0.15, 0.2) is 0 Å². The molecule has 0 bridgehead atoms. The fourth-order valence-electron chi connectivity index (χ4n) is 1.68. The van der Waals surface area contributed by atoms with Gasteiger partial charge in [-0.1, -0.05) is 24.3 Å². The maximum atomic E-state index is 8.36. The highest BCUT2D eigenvalue weighted by Crippen LogP contribution is 2.19. The summed E-state index contributed by atoms with van der Waals surface area (Å²) in [5, 5.41) is 13.6. The van der Waals surface area contributed by atoms with Gasteiger partial charge in [0.1, 0.15) is 0 Å². The summed E-state index contributed by atoms with van der Waals surface area (Å²) in [6, 6.07) is 8.80. The summed E-state index contributed by atoms with van der Waals surface area (Å²) in [4.78, 5) is 8.36. The average molecular weight is 195 g/mol. The van der Waals surface area contributed by atoms with Gasteiger partial charge in [-0.15, -0.1) is 10.1 Å². The highest BCUT2D eigenvalue weighted by molar-refractivity contribution is 5.28. The molecule has 0 heterocycles. The van der Waals surface area contributed by atoms with Crippen LogP contribution in [-0.4, -0.2) is 10.3 Å². The first-order valence-electron chi connectivity index (χ1n) is 4.60. The Labute approximate surface area is 82.3 Å². The van der Waals surface area contributed by atoms with E-state index in [1.165, 1.54) is 25.7 Å². The third kappa shape index (κ3) is 3.43. The minimum Gasteiger partial charge on any atom is -0.328 e. The molecule has 1 aliphatic rings. The second kappa shape index (κ2) is 5.21. The molecule has 4 nitrogen and oxygen atoms in total. The smallest absolute Gasteiger partial charge is 0.291 e. The Kier molecular flexibility index (Phi) is 3.91. The summed E-state index contributed by atoms with van der Waals surface area (Å²) in [6.45, 7) is 0. The first kappa shape index (κ1) is 10.5. The summed E-state index contributed by atoms with van der Waals surface area (Å²) in [5.41, 5.74) is 3.16. The summed E-state index contributed by atoms with van der Waals surface area (Å²) in [7, 11) is 0. The van der Waals surface area contributed by atoms with Crippen molar-refractivity contribution in [2.45, 2.75) is 25.7 Å². The molecule has 76 valence electrons. The summed E-state index contributed by atoms with van der Waals surface area (Å²) < 4.78 is 0. The second-order valence-corrected chi connectivity index (χ2v) is 3.21. The largest absolute Gasteiger partial charge is 0.328 e. The molecule has 4 heteroatoms. The molecule has 0 amide bonds. The lowest BCUT2D eigenvalue weighted by molar-refractivity contribution is -0.742. The van der Waals surface area contributed by atoms with E-state index in [1.807, 2.05) is 0 Å². The van der Waals surface area contributed by atoms with E-state index in [0.717, 1.165) is 0 Å². The molecule has 14 heavy (non-hydrogen) atoms. The number of hydrogen-bond donors (Lipinski definition) is 1. The lowest BCUT2D eigenvalue weighted by Gasteiger charge is -2.13. The van der Waals surface area contributed by atoms with Gasteiger partial charge in [0, 0.05) is 0 Å². The molecule has 1 aliphatic carbocycles. The van der Waals surface area contributed by atoms with Crippen molar-refractivity contribution < 1.29 is 10.3 Å². The first-order valence-corrected chi connectivity index (χ1v) is 4.60. The molecule has 0 spiro atoms. The summed E-state index contributed by atoms with van der Waals surface area (Å²) in [5.74, 6) is 0. The third-order valence-electron chi connectivity index (χ3n) is 2.26. The van der Waals surface area contributed by atoms with Crippen LogP contribution in [0, 0.1) is 10.1 Å². The Hall–Kier alpha value is -1.58. The number of aryl methyl sites for hydroxylation is 2. The van der Waals surface area contributed by atoms with Crippen molar-refractivity contribution in [3.8, 4) is 0 Å². The molecule has 0 radical (unpaired) electrons. The Balaban J connectivity index is 0.000000213. The Bertz CT molecular complexity index is 283. The van der Waals surface area contributed by atoms with Gasteiger partial charge in [-0.2, -0.15) is 0 Å². The molecule has 0 unspecified atom stereocenters. The van der Waals surface area contributed by atoms with Crippen LogP contribution >= 0.6 is 0 Å². The van der Waals surface area contributed by atoms with Gasteiger partial charge in [0.25, 0.3) is 5.09 Å². The molecule has 0 saturated carbocycles. The Morgan fingerprint density at radius 2 is 1.50 bits per heavy atom. The third-order valence-corrected chi connectivity index (χ3v) is 2.26. The van der Waals surface area contributed by atoms with Crippen LogP contribution in [0.2, 0.25) is 0 Å². The topological polar surface area (TPSA) is 63.4 Å². The van der Waals surface area contributed by atoms with Crippen LogP contribution in [0.4, 0.5) is 0 Å². The van der Waals surface area contributed by atoms with Gasteiger partial charge in [0.05, 0.1) is 0 Å². The van der Waals surface area contributed by atoms with Crippen LogP contribution in [-0.2, 0) is 12.8 Å². The Morgan fingerprint density at radius 3 is 1.86 bits per heavy atom. The number of fused-ring (bicyclic) bond motifs is 1. The second-order valence-electron chi connectivity index (χ2n) is 3.21. The van der Waals surface area contributed by atoms with Crippen molar-refractivity contribution in [2.24, 2.45) is 0 Å². The lowest BCUT2D eigenvalue weighted by atomic mass is 9.92. The standard InChI is InChI=1S/C10H12.HNO3/c1-2-6-10-8-4-3-7-9(10)5-1;2-1(3)4/h1-2,5-6H,3-4,7-8H2;(H,2,3,4). The molecular weight excluding hydrogens is 182 g/mol. The van der Waals surface area contributed by atoms with E-state index in [2.05, 4.69) is 24.3 Å². The zero-order valence-corrected chi connectivity index (χ0v) is 7.85. The maximum Gasteiger partial charge on any atom is 0.291 e. The lowest BCUT2D eigenvalue weighted by Crippen LogP contribution is -2.00. The van der Waals surface area contributed by atoms with Crippen LogP contribution in [0.3, 0.4) is 0 Å². The van der Waals surface area contributed by atoms with Crippen molar-refractivity contribution in [3.05, 3.63) is 45.5 Å². The Morgan fingerprint density at radius 1 is 1.14 bits per heavy atom. The molecular formula is C10H13NO3. The average Bonchev–Trinajstić information content (AvgIpc) is 2.17. The van der Waals surface area contributed by atoms with Crippen LogP contribution in [0.1, 0.15) is 24.0 Å². The summed E-state index contributed by atoms with van der Waals surface area (Å²) >= 11 is 0. The van der Waals surface area contributed by atoms with E-state index in [4.69, 9.17) is 15.3 Å². The molecule has 0 aromatic heterocycles. The van der Waals surface area contributed by atoms with E-state index in [0.29, 0.717) is 0 Å². The first-order chi connectivity index (χ1) is 6.70. The van der Waals surface area contributed by atoms with E-state index in [9.17, 15) is 0 Å². The molecule has 0 atom stereocenters. The zero-order valence-electron chi connectivity index (χ0n) is 7.85. The highest BCUT2D eigenvalue weighted by Gasteiger charge is 2.05. The van der Waals surface area contributed by atoms with Crippen molar-refractivity contribution in [2.75, 3.05) is 0 Å². The van der Waals surface area contributed by atoms with E-state index >= 15 is 0 Å². The van der Waals surface area contributed by atoms with Crippen molar-refractivity contribution in [3.63, 3.8) is 0 Å². The molecule has 1 aromatic carbocycles. The number of benzene rings is 1. The van der Waals surface area contributed by atoms with Crippen molar-refractivity contribution in [1.82, 2.24) is 0 Å². The van der Waals surface area contributed by atoms with Gasteiger partial charge in [-0.05, 0) is 36.8 Å². The fourth-order valence-corrected chi connectivity index (χ4v) is 1.68. The normalized spacial score (nSPS) is 13.4. The molecule has 0 aliphatic heterocycles. The highest BCUT2D eigenvalue weighted by atomic mass is 16.9. The van der Waals surface area contributed by atoms with Gasteiger partial charge in [-0.25, -0.2) is 0 Å². The van der Waals surface area contributed by atoms with Crippen LogP contribution < -0.4 is 0 Å². The monoisotopic (exact) mass is 195 g/mol. The van der Waals surface area contributed by atoms with Gasteiger partial charge in [0.2, 0.25) is 0 Å². The molecule has 0 fully saturated rings. The molecule has 1 N–H and O–H groups in total. The molecule has 2 rings (SSSR count). The van der Waals surface area contributed by atoms with E-state index in [1.54, 1.807) is 11.1 Å². The SMILES string of the molecule is O=[N+]([O-])O.c1ccc2c(c1)CCCC2. The van der Waals surface area contributed by atoms with E-state index in [-0.39, 0.29) is 0 Å². The predicted molar refractivity (Wildman–Crippen MR) is 51.9 cm³/mol. The minimum atomic E-state index is -1.50. The predicted octanol–water partition coefficient (Wildman–Crippen LogP) is 2.22. The van der Waals surface area contributed by atoms with E-state index < -0.39 is 5.09 Å². The van der Waals surface area contributed by atoms with Crippen LogP contribution in [0.15, 0.2) is 24.3 Å². The van der Waals surface area contributed by atoms with Gasteiger partial charge >= 0.3 is 0 Å². The molecule has 0 saturated heterocycles. The maximum absolute atomic E-state index is 8.36. The molecule has 1 aromatic rings. The van der Waals surface area contributed by atoms with Gasteiger partial charge < -0.3 is 5.21 Å². The fraction of sp³-hybridized carbons (Fsp3) is 0.400. The number of rotatable bonds is 0. The van der Waals surface area contributed by atoms with Gasteiger partial charge in [-0.3, -0.25) is 0 Å².